The average molecular weight is 295 g/mol. The number of nitrogens with zero attached hydrogens (tertiary/aromatic N) is 2. The van der Waals surface area contributed by atoms with Crippen LogP contribution in [0.1, 0.15) is 49.5 Å². The third-order valence-electron chi connectivity index (χ3n) is 3.66. The molecule has 20 heavy (non-hydrogen) atoms. The average Bonchev–Trinajstić information content (AvgIpc) is 2.83. The number of nitrogens with one attached hydrogen (secondary N) is 1. The molecule has 1 aromatic heterocycles. The van der Waals surface area contributed by atoms with Crippen LogP contribution in [-0.4, -0.2) is 33.8 Å². The number of piperazine rings is 1. The van der Waals surface area contributed by atoms with Crippen LogP contribution in [-0.2, 0) is 9.59 Å². The maximum atomic E-state index is 12.6. The van der Waals surface area contributed by atoms with Crippen molar-refractivity contribution in [2.45, 2.75) is 58.7 Å². The zero-order valence-electron chi connectivity index (χ0n) is 12.3. The summed E-state index contributed by atoms with van der Waals surface area (Å²) in [6.45, 7) is 7.71. The first-order chi connectivity index (χ1) is 9.45. The Balaban J connectivity index is 2.26. The van der Waals surface area contributed by atoms with E-state index in [0.717, 1.165) is 16.3 Å². The van der Waals surface area contributed by atoms with Crippen molar-refractivity contribution in [3.05, 3.63) is 16.1 Å². The molecule has 0 bridgehead atoms. The lowest BCUT2D eigenvalue weighted by Gasteiger charge is -2.40. The minimum absolute atomic E-state index is 0.000645. The highest BCUT2D eigenvalue weighted by Gasteiger charge is 2.40. The Labute approximate surface area is 123 Å². The minimum atomic E-state index is -0.449. The van der Waals surface area contributed by atoms with Gasteiger partial charge in [0.05, 0.1) is 6.04 Å². The van der Waals surface area contributed by atoms with E-state index in [-0.39, 0.29) is 17.9 Å². The summed E-state index contributed by atoms with van der Waals surface area (Å²) in [7, 11) is 0. The number of thiazole rings is 1. The SMILES string of the molecule is CCCC1NC(=O)C(C)N(C(C)c2ncc(C)s2)C1=O. The number of carbonyl (C=O) groups is 2. The summed E-state index contributed by atoms with van der Waals surface area (Å²) in [5.74, 6) is -0.0810. The van der Waals surface area contributed by atoms with Crippen molar-refractivity contribution in [2.75, 3.05) is 0 Å². The monoisotopic (exact) mass is 295 g/mol. The van der Waals surface area contributed by atoms with Gasteiger partial charge in [0.25, 0.3) is 0 Å². The molecule has 0 aliphatic carbocycles. The lowest BCUT2D eigenvalue weighted by atomic mass is 10.0. The van der Waals surface area contributed by atoms with Crippen molar-refractivity contribution in [1.82, 2.24) is 15.2 Å². The van der Waals surface area contributed by atoms with Gasteiger partial charge in [-0.2, -0.15) is 0 Å². The Morgan fingerprint density at radius 1 is 1.50 bits per heavy atom. The lowest BCUT2D eigenvalue weighted by Crippen LogP contribution is -2.62. The van der Waals surface area contributed by atoms with E-state index in [1.54, 1.807) is 29.4 Å². The van der Waals surface area contributed by atoms with Crippen molar-refractivity contribution in [2.24, 2.45) is 0 Å². The van der Waals surface area contributed by atoms with Crippen LogP contribution in [0, 0.1) is 6.92 Å². The van der Waals surface area contributed by atoms with E-state index in [1.165, 1.54) is 0 Å². The molecule has 3 atom stereocenters. The third-order valence-corrected chi connectivity index (χ3v) is 4.74. The van der Waals surface area contributed by atoms with Crippen molar-refractivity contribution in [3.63, 3.8) is 0 Å². The minimum Gasteiger partial charge on any atom is -0.343 e. The highest BCUT2D eigenvalue weighted by atomic mass is 32.1. The number of rotatable bonds is 4. The van der Waals surface area contributed by atoms with E-state index in [0.29, 0.717) is 6.42 Å². The summed E-state index contributed by atoms with van der Waals surface area (Å²) in [5.41, 5.74) is 0. The van der Waals surface area contributed by atoms with Crippen molar-refractivity contribution in [3.8, 4) is 0 Å². The predicted octanol–water partition coefficient (Wildman–Crippen LogP) is 2.03. The van der Waals surface area contributed by atoms with Gasteiger partial charge in [-0.15, -0.1) is 11.3 Å². The van der Waals surface area contributed by atoms with Gasteiger partial charge in [0.15, 0.2) is 0 Å². The van der Waals surface area contributed by atoms with E-state index in [1.807, 2.05) is 20.8 Å². The van der Waals surface area contributed by atoms with E-state index >= 15 is 0 Å². The van der Waals surface area contributed by atoms with Gasteiger partial charge in [0.2, 0.25) is 11.8 Å². The molecule has 1 aliphatic heterocycles. The molecule has 2 heterocycles. The third kappa shape index (κ3) is 2.70. The second-order valence-corrected chi connectivity index (χ2v) is 6.52. The lowest BCUT2D eigenvalue weighted by molar-refractivity contribution is -0.151. The molecule has 3 unspecified atom stereocenters. The van der Waals surface area contributed by atoms with Crippen LogP contribution >= 0.6 is 11.3 Å². The van der Waals surface area contributed by atoms with E-state index in [4.69, 9.17) is 0 Å². The Kier molecular flexibility index (Phi) is 4.42. The van der Waals surface area contributed by atoms with Crippen LogP contribution in [0.2, 0.25) is 0 Å². The van der Waals surface area contributed by atoms with Gasteiger partial charge in [-0.1, -0.05) is 13.3 Å². The summed E-state index contributed by atoms with van der Waals surface area (Å²) >= 11 is 1.57. The van der Waals surface area contributed by atoms with Gasteiger partial charge >= 0.3 is 0 Å². The molecule has 1 aromatic rings. The molecular weight excluding hydrogens is 274 g/mol. The first-order valence-electron chi connectivity index (χ1n) is 7.00. The zero-order chi connectivity index (χ0) is 14.9. The van der Waals surface area contributed by atoms with Gasteiger partial charge in [-0.05, 0) is 27.2 Å². The molecule has 1 aliphatic rings. The molecule has 2 rings (SSSR count). The summed E-state index contributed by atoms with van der Waals surface area (Å²) in [5, 5.41) is 3.69. The van der Waals surface area contributed by atoms with Crippen LogP contribution in [0.25, 0.3) is 0 Å². The van der Waals surface area contributed by atoms with Gasteiger partial charge in [-0.25, -0.2) is 4.98 Å². The molecule has 2 amide bonds. The smallest absolute Gasteiger partial charge is 0.246 e. The molecule has 6 heteroatoms. The summed E-state index contributed by atoms with van der Waals surface area (Å²) < 4.78 is 0. The first kappa shape index (κ1) is 15.0. The van der Waals surface area contributed by atoms with E-state index < -0.39 is 12.1 Å². The maximum Gasteiger partial charge on any atom is 0.246 e. The number of aryl methyl sites for hydroxylation is 1. The van der Waals surface area contributed by atoms with Crippen LogP contribution in [0.3, 0.4) is 0 Å². The highest BCUT2D eigenvalue weighted by Crippen LogP contribution is 2.29. The van der Waals surface area contributed by atoms with Crippen LogP contribution < -0.4 is 5.32 Å². The van der Waals surface area contributed by atoms with Crippen molar-refractivity contribution < 1.29 is 9.59 Å². The number of carbonyl (C=O) groups excluding carboxylic acids is 2. The van der Waals surface area contributed by atoms with Crippen molar-refractivity contribution >= 4 is 23.2 Å². The fraction of sp³-hybridized carbons (Fsp3) is 0.643. The Morgan fingerprint density at radius 3 is 2.75 bits per heavy atom. The quantitative estimate of drug-likeness (QED) is 0.924. The highest BCUT2D eigenvalue weighted by molar-refractivity contribution is 7.11. The first-order valence-corrected chi connectivity index (χ1v) is 7.82. The molecule has 0 spiro atoms. The van der Waals surface area contributed by atoms with Gasteiger partial charge in [-0.3, -0.25) is 9.59 Å². The van der Waals surface area contributed by atoms with Gasteiger partial charge in [0, 0.05) is 11.1 Å². The molecule has 5 nitrogen and oxygen atoms in total. The number of hydrogen-bond acceptors (Lipinski definition) is 4. The predicted molar refractivity (Wildman–Crippen MR) is 78.4 cm³/mol. The number of hydrogen-bond donors (Lipinski definition) is 1. The van der Waals surface area contributed by atoms with Crippen molar-refractivity contribution in [1.29, 1.82) is 0 Å². The number of aromatic nitrogens is 1. The second kappa shape index (κ2) is 5.91. The zero-order valence-corrected chi connectivity index (χ0v) is 13.2. The van der Waals surface area contributed by atoms with Crippen LogP contribution in [0.15, 0.2) is 6.20 Å². The number of amides is 2. The fourth-order valence-electron chi connectivity index (χ4n) is 2.55. The molecule has 0 saturated carbocycles. The standard InChI is InChI=1S/C14H21N3O2S/c1-5-6-11-14(19)17(9(3)12(18)16-11)10(4)13-15-7-8(2)20-13/h7,9-11H,5-6H2,1-4H3,(H,16,18). The summed E-state index contributed by atoms with van der Waals surface area (Å²) in [6, 6.07) is -1.01. The van der Waals surface area contributed by atoms with Gasteiger partial charge in [0.1, 0.15) is 17.1 Å². The van der Waals surface area contributed by atoms with Crippen LogP contribution in [0.5, 0.6) is 0 Å². The normalized spacial score (nSPS) is 24.7. The largest absolute Gasteiger partial charge is 0.343 e. The maximum absolute atomic E-state index is 12.6. The summed E-state index contributed by atoms with van der Waals surface area (Å²) in [4.78, 5) is 31.8. The molecular formula is C14H21N3O2S. The van der Waals surface area contributed by atoms with Crippen LogP contribution in [0.4, 0.5) is 0 Å². The molecule has 1 saturated heterocycles. The molecule has 0 radical (unpaired) electrons. The topological polar surface area (TPSA) is 62.3 Å². The Hall–Kier alpha value is -1.43. The van der Waals surface area contributed by atoms with E-state index in [9.17, 15) is 9.59 Å². The molecule has 1 N–H and O–H groups in total. The molecule has 110 valence electrons. The van der Waals surface area contributed by atoms with Gasteiger partial charge < -0.3 is 10.2 Å². The Bertz CT molecular complexity index is 514. The van der Waals surface area contributed by atoms with E-state index in [2.05, 4.69) is 10.3 Å². The fourth-order valence-corrected chi connectivity index (χ4v) is 3.37. The second-order valence-electron chi connectivity index (χ2n) is 5.26. The Morgan fingerprint density at radius 2 is 2.20 bits per heavy atom. The molecule has 0 aromatic carbocycles. The summed E-state index contributed by atoms with van der Waals surface area (Å²) in [6.07, 6.45) is 3.35. The molecule has 1 fully saturated rings.